The SMILES string of the molecule is CC[Si](CC)(CC)O/C(=C(/CO)c1ccccc1)c1ccc(Cl)cc1. The van der Waals surface area contributed by atoms with Gasteiger partial charge in [-0.2, -0.15) is 0 Å². The van der Waals surface area contributed by atoms with E-state index >= 15 is 0 Å². The Morgan fingerprint density at radius 1 is 0.880 bits per heavy atom. The maximum Gasteiger partial charge on any atom is 0.250 e. The molecule has 25 heavy (non-hydrogen) atoms. The standard InChI is InChI=1S/C21H27ClO2Si/c1-4-25(5-2,6-3)24-21(18-12-14-19(22)15-13-18)20(16-23)17-10-8-7-9-11-17/h7-15,23H,4-6,16H2,1-3H3/b21-20-. The van der Waals surface area contributed by atoms with Gasteiger partial charge in [-0.25, -0.2) is 0 Å². The second-order valence-corrected chi connectivity index (χ2v) is 11.3. The van der Waals surface area contributed by atoms with Crippen molar-refractivity contribution in [2.75, 3.05) is 6.61 Å². The normalized spacial score (nSPS) is 12.7. The Bertz CT molecular complexity index is 683. The van der Waals surface area contributed by atoms with Crippen molar-refractivity contribution in [2.24, 2.45) is 0 Å². The van der Waals surface area contributed by atoms with Crippen molar-refractivity contribution in [1.82, 2.24) is 0 Å². The molecule has 0 spiro atoms. The number of benzene rings is 2. The van der Waals surface area contributed by atoms with Crippen molar-refractivity contribution in [3.05, 3.63) is 70.7 Å². The summed E-state index contributed by atoms with van der Waals surface area (Å²) in [6.07, 6.45) is 0. The fourth-order valence-corrected chi connectivity index (χ4v) is 5.75. The molecule has 2 aromatic rings. The van der Waals surface area contributed by atoms with Crippen LogP contribution < -0.4 is 0 Å². The molecule has 0 heterocycles. The van der Waals surface area contributed by atoms with Crippen molar-refractivity contribution in [3.8, 4) is 0 Å². The zero-order valence-electron chi connectivity index (χ0n) is 15.3. The number of rotatable bonds is 8. The highest BCUT2D eigenvalue weighted by atomic mass is 35.5. The molecule has 0 aliphatic heterocycles. The summed E-state index contributed by atoms with van der Waals surface area (Å²) in [6, 6.07) is 20.8. The van der Waals surface area contributed by atoms with Crippen LogP contribution in [0.25, 0.3) is 11.3 Å². The average molecular weight is 375 g/mol. The van der Waals surface area contributed by atoms with E-state index in [0.29, 0.717) is 5.02 Å². The second-order valence-electron chi connectivity index (χ2n) is 6.18. The molecule has 0 amide bonds. The second kappa shape index (κ2) is 9.23. The Morgan fingerprint density at radius 3 is 1.92 bits per heavy atom. The molecule has 0 fully saturated rings. The summed E-state index contributed by atoms with van der Waals surface area (Å²) >= 11 is 6.06. The van der Waals surface area contributed by atoms with Gasteiger partial charge in [0.25, 0.3) is 8.32 Å². The summed E-state index contributed by atoms with van der Waals surface area (Å²) in [6.45, 7) is 6.56. The molecule has 2 nitrogen and oxygen atoms in total. The van der Waals surface area contributed by atoms with Gasteiger partial charge in [-0.15, -0.1) is 0 Å². The molecular formula is C21H27ClO2Si. The van der Waals surface area contributed by atoms with Gasteiger partial charge in [0, 0.05) is 16.2 Å². The molecular weight excluding hydrogens is 348 g/mol. The van der Waals surface area contributed by atoms with Crippen LogP contribution in [0.5, 0.6) is 0 Å². The molecule has 134 valence electrons. The van der Waals surface area contributed by atoms with Gasteiger partial charge in [0.2, 0.25) is 0 Å². The lowest BCUT2D eigenvalue weighted by Gasteiger charge is -2.32. The molecule has 0 unspecified atom stereocenters. The van der Waals surface area contributed by atoms with Gasteiger partial charge < -0.3 is 9.53 Å². The lowest BCUT2D eigenvalue weighted by molar-refractivity contribution is 0.347. The Morgan fingerprint density at radius 2 is 1.44 bits per heavy atom. The molecule has 0 aliphatic carbocycles. The third kappa shape index (κ3) is 4.75. The molecule has 0 atom stereocenters. The Labute approximate surface area is 157 Å². The quantitative estimate of drug-likeness (QED) is 0.337. The fraction of sp³-hybridized carbons (Fsp3) is 0.333. The van der Waals surface area contributed by atoms with E-state index < -0.39 is 8.32 Å². The maximum absolute atomic E-state index is 10.1. The fourth-order valence-electron chi connectivity index (χ4n) is 3.01. The molecule has 2 rings (SSSR count). The van der Waals surface area contributed by atoms with Crippen LogP contribution in [0.3, 0.4) is 0 Å². The number of aliphatic hydroxyl groups excluding tert-OH is 1. The van der Waals surface area contributed by atoms with Crippen LogP contribution in [0.15, 0.2) is 54.6 Å². The van der Waals surface area contributed by atoms with E-state index in [1.54, 1.807) is 0 Å². The monoisotopic (exact) mass is 374 g/mol. The van der Waals surface area contributed by atoms with Gasteiger partial charge in [0.1, 0.15) is 5.76 Å². The van der Waals surface area contributed by atoms with Crippen molar-refractivity contribution in [3.63, 3.8) is 0 Å². The van der Waals surface area contributed by atoms with Gasteiger partial charge in [-0.3, -0.25) is 0 Å². The minimum absolute atomic E-state index is 0.0659. The molecule has 4 heteroatoms. The van der Waals surface area contributed by atoms with Crippen LogP contribution in [0, 0.1) is 0 Å². The van der Waals surface area contributed by atoms with Crippen LogP contribution in [-0.4, -0.2) is 20.0 Å². The zero-order valence-corrected chi connectivity index (χ0v) is 17.0. The van der Waals surface area contributed by atoms with Gasteiger partial charge in [-0.05, 0) is 48.0 Å². The van der Waals surface area contributed by atoms with E-state index in [2.05, 4.69) is 20.8 Å². The number of aliphatic hydroxyl groups is 1. The summed E-state index contributed by atoms with van der Waals surface area (Å²) in [5.74, 6) is 0.794. The first-order valence-corrected chi connectivity index (χ1v) is 11.8. The first-order chi connectivity index (χ1) is 12.1. The van der Waals surface area contributed by atoms with Gasteiger partial charge in [-0.1, -0.05) is 62.7 Å². The van der Waals surface area contributed by atoms with Gasteiger partial charge >= 0.3 is 0 Å². The summed E-state index contributed by atoms with van der Waals surface area (Å²) in [7, 11) is -1.89. The number of hydrogen-bond donors (Lipinski definition) is 1. The zero-order chi connectivity index (χ0) is 18.3. The summed E-state index contributed by atoms with van der Waals surface area (Å²) in [4.78, 5) is 0. The Balaban J connectivity index is 2.62. The molecule has 1 N–H and O–H groups in total. The third-order valence-electron chi connectivity index (χ3n) is 4.91. The molecule has 0 aromatic heterocycles. The van der Waals surface area contributed by atoms with Crippen molar-refractivity contribution >= 4 is 31.3 Å². The highest BCUT2D eigenvalue weighted by Crippen LogP contribution is 2.34. The first kappa shape index (κ1) is 19.8. The molecule has 0 aliphatic rings. The molecule has 0 bridgehead atoms. The number of halogens is 1. The van der Waals surface area contributed by atoms with E-state index in [0.717, 1.165) is 40.6 Å². The van der Waals surface area contributed by atoms with E-state index in [4.69, 9.17) is 16.0 Å². The highest BCUT2D eigenvalue weighted by Gasteiger charge is 2.32. The first-order valence-electron chi connectivity index (χ1n) is 8.93. The van der Waals surface area contributed by atoms with Crippen LogP contribution in [-0.2, 0) is 4.43 Å². The average Bonchev–Trinajstić information content (AvgIpc) is 2.67. The maximum atomic E-state index is 10.1. The Kier molecular flexibility index (Phi) is 7.30. The minimum atomic E-state index is -1.89. The highest BCUT2D eigenvalue weighted by molar-refractivity contribution is 6.74. The molecule has 0 radical (unpaired) electrons. The smallest absolute Gasteiger partial charge is 0.250 e. The van der Waals surface area contributed by atoms with Crippen molar-refractivity contribution in [1.29, 1.82) is 0 Å². The largest absolute Gasteiger partial charge is 0.543 e. The molecule has 0 saturated heterocycles. The Hall–Kier alpha value is -1.55. The van der Waals surface area contributed by atoms with Crippen LogP contribution in [0.2, 0.25) is 23.2 Å². The lowest BCUT2D eigenvalue weighted by Crippen LogP contribution is -2.35. The summed E-state index contributed by atoms with van der Waals surface area (Å²) in [5.41, 5.74) is 2.78. The predicted octanol–water partition coefficient (Wildman–Crippen LogP) is 6.22. The van der Waals surface area contributed by atoms with E-state index in [1.807, 2.05) is 54.6 Å². The van der Waals surface area contributed by atoms with Gasteiger partial charge in [0.15, 0.2) is 0 Å². The third-order valence-corrected chi connectivity index (χ3v) is 9.67. The lowest BCUT2D eigenvalue weighted by atomic mass is 10.0. The van der Waals surface area contributed by atoms with E-state index in [9.17, 15) is 5.11 Å². The minimum Gasteiger partial charge on any atom is -0.543 e. The topological polar surface area (TPSA) is 29.5 Å². The predicted molar refractivity (Wildman–Crippen MR) is 110 cm³/mol. The molecule has 0 saturated carbocycles. The van der Waals surface area contributed by atoms with Crippen molar-refractivity contribution in [2.45, 2.75) is 38.9 Å². The van der Waals surface area contributed by atoms with Crippen LogP contribution >= 0.6 is 11.6 Å². The van der Waals surface area contributed by atoms with E-state index in [-0.39, 0.29) is 6.61 Å². The summed E-state index contributed by atoms with van der Waals surface area (Å²) in [5, 5.41) is 10.8. The van der Waals surface area contributed by atoms with Gasteiger partial charge in [0.05, 0.1) is 6.61 Å². The number of hydrogen-bond acceptors (Lipinski definition) is 2. The van der Waals surface area contributed by atoms with Crippen LogP contribution in [0.4, 0.5) is 0 Å². The summed E-state index contributed by atoms with van der Waals surface area (Å²) < 4.78 is 6.73. The van der Waals surface area contributed by atoms with Crippen LogP contribution in [0.1, 0.15) is 31.9 Å². The molecule has 2 aromatic carbocycles. The van der Waals surface area contributed by atoms with Crippen molar-refractivity contribution < 1.29 is 9.53 Å². The van der Waals surface area contributed by atoms with E-state index in [1.165, 1.54) is 0 Å².